The van der Waals surface area contributed by atoms with Crippen molar-refractivity contribution in [2.45, 2.75) is 19.4 Å². The molecule has 2 N–H and O–H groups in total. The molecule has 3 nitrogen and oxygen atoms in total. The van der Waals surface area contributed by atoms with Crippen LogP contribution in [0.25, 0.3) is 10.1 Å². The Morgan fingerprint density at radius 1 is 1.52 bits per heavy atom. The van der Waals surface area contributed by atoms with Crippen LogP contribution in [0.4, 0.5) is 5.69 Å². The highest BCUT2D eigenvalue weighted by molar-refractivity contribution is 9.10. The van der Waals surface area contributed by atoms with Crippen LogP contribution < -0.4 is 5.73 Å². The second-order valence-corrected chi connectivity index (χ2v) is 7.80. The summed E-state index contributed by atoms with van der Waals surface area (Å²) in [6.45, 7) is 2.11. The van der Waals surface area contributed by atoms with Crippen LogP contribution in [0.3, 0.4) is 0 Å². The molecule has 0 spiro atoms. The summed E-state index contributed by atoms with van der Waals surface area (Å²) in [5.41, 5.74) is 6.79. The van der Waals surface area contributed by atoms with E-state index in [4.69, 9.17) is 5.73 Å². The van der Waals surface area contributed by atoms with Crippen LogP contribution in [-0.2, 0) is 0 Å². The van der Waals surface area contributed by atoms with Crippen LogP contribution in [0.15, 0.2) is 22.7 Å². The van der Waals surface area contributed by atoms with E-state index in [9.17, 15) is 4.79 Å². The molecule has 1 aromatic heterocycles. The zero-order chi connectivity index (χ0) is 15.6. The number of nitrogens with zero attached hydrogens (tertiary/aromatic N) is 1. The van der Waals surface area contributed by atoms with Crippen LogP contribution in [0.2, 0.25) is 0 Å². The van der Waals surface area contributed by atoms with E-state index in [1.54, 1.807) is 11.8 Å². The van der Waals surface area contributed by atoms with Gasteiger partial charge in [-0.25, -0.2) is 0 Å². The van der Waals surface area contributed by atoms with Gasteiger partial charge in [-0.1, -0.05) is 22.9 Å². The Morgan fingerprint density at radius 2 is 2.24 bits per heavy atom. The number of amides is 1. The van der Waals surface area contributed by atoms with E-state index in [0.717, 1.165) is 26.7 Å². The second kappa shape index (κ2) is 7.03. The maximum Gasteiger partial charge on any atom is 0.266 e. The van der Waals surface area contributed by atoms with E-state index >= 15 is 0 Å². The van der Waals surface area contributed by atoms with E-state index < -0.39 is 0 Å². The molecule has 0 aliphatic rings. The summed E-state index contributed by atoms with van der Waals surface area (Å²) in [5.74, 6) is 0.959. The number of rotatable bonds is 5. The highest BCUT2D eigenvalue weighted by atomic mass is 79.9. The van der Waals surface area contributed by atoms with Gasteiger partial charge in [-0.3, -0.25) is 4.79 Å². The van der Waals surface area contributed by atoms with Crippen molar-refractivity contribution in [2.24, 2.45) is 0 Å². The number of benzene rings is 1. The molecule has 1 amide bonds. The number of thioether (sulfide) groups is 1. The fourth-order valence-corrected chi connectivity index (χ4v) is 4.56. The zero-order valence-corrected chi connectivity index (χ0v) is 15.6. The average Bonchev–Trinajstić information content (AvgIpc) is 2.80. The number of hydrogen-bond acceptors (Lipinski definition) is 4. The smallest absolute Gasteiger partial charge is 0.266 e. The normalized spacial score (nSPS) is 12.6. The third-order valence-corrected chi connectivity index (χ3v) is 5.97. The fourth-order valence-electron chi connectivity index (χ4n) is 2.27. The molecule has 0 fully saturated rings. The average molecular weight is 387 g/mol. The molecule has 6 heteroatoms. The third-order valence-electron chi connectivity index (χ3n) is 3.58. The number of hydrogen-bond donors (Lipinski definition) is 1. The fraction of sp³-hybridized carbons (Fsp3) is 0.400. The first-order valence-corrected chi connectivity index (χ1v) is 9.73. The van der Waals surface area contributed by atoms with Crippen LogP contribution in [0.1, 0.15) is 23.0 Å². The van der Waals surface area contributed by atoms with Gasteiger partial charge < -0.3 is 10.6 Å². The molecule has 0 aliphatic heterocycles. The highest BCUT2D eigenvalue weighted by Crippen LogP contribution is 2.36. The van der Waals surface area contributed by atoms with E-state index in [0.29, 0.717) is 10.6 Å². The predicted molar refractivity (Wildman–Crippen MR) is 98.5 cm³/mol. The van der Waals surface area contributed by atoms with Gasteiger partial charge in [0.15, 0.2) is 0 Å². The number of halogens is 1. The lowest BCUT2D eigenvalue weighted by Crippen LogP contribution is -2.38. The lowest BCUT2D eigenvalue weighted by Gasteiger charge is -2.26. The van der Waals surface area contributed by atoms with Gasteiger partial charge in [-0.2, -0.15) is 11.8 Å². The van der Waals surface area contributed by atoms with Crippen molar-refractivity contribution in [2.75, 3.05) is 24.8 Å². The largest absolute Gasteiger partial charge is 0.397 e. The number of carbonyl (C=O) groups is 1. The zero-order valence-electron chi connectivity index (χ0n) is 12.4. The predicted octanol–water partition coefficient (Wildman–Crippen LogP) is 4.46. The first-order valence-electron chi connectivity index (χ1n) is 6.73. The summed E-state index contributed by atoms with van der Waals surface area (Å²) in [7, 11) is 1.87. The number of thiophene rings is 1. The monoisotopic (exact) mass is 386 g/mol. The molecular formula is C15H19BrN2OS2. The summed E-state index contributed by atoms with van der Waals surface area (Å²) in [5, 5.41) is 0.948. The minimum Gasteiger partial charge on any atom is -0.397 e. The molecule has 1 aromatic carbocycles. The molecule has 2 rings (SSSR count). The SMILES string of the molecule is CCC(CSC)N(C)C(=O)c1sc2ccc(Br)cc2c1N. The first-order chi connectivity index (χ1) is 9.99. The minimum atomic E-state index is 0.0192. The third kappa shape index (κ3) is 3.38. The van der Waals surface area contributed by atoms with E-state index in [2.05, 4.69) is 29.1 Å². The molecule has 1 heterocycles. The maximum atomic E-state index is 12.7. The standard InChI is InChI=1S/C15H19BrN2OS2/c1-4-10(8-20-3)18(2)15(19)14-13(17)11-7-9(16)5-6-12(11)21-14/h5-7,10H,4,8,17H2,1-3H3. The maximum absolute atomic E-state index is 12.7. The van der Waals surface area contributed by atoms with Gasteiger partial charge in [0.05, 0.1) is 5.69 Å². The molecule has 1 atom stereocenters. The quantitative estimate of drug-likeness (QED) is 0.824. The van der Waals surface area contributed by atoms with Crippen molar-refractivity contribution < 1.29 is 4.79 Å². The Bertz CT molecular complexity index is 656. The first kappa shape index (κ1) is 16.6. The van der Waals surface area contributed by atoms with E-state index in [1.807, 2.05) is 30.1 Å². The number of nitrogen functional groups attached to an aromatic ring is 1. The van der Waals surface area contributed by atoms with Crippen LogP contribution in [0, 0.1) is 0 Å². The van der Waals surface area contributed by atoms with E-state index in [-0.39, 0.29) is 11.9 Å². The number of anilines is 1. The summed E-state index contributed by atoms with van der Waals surface area (Å²) in [6, 6.07) is 6.18. The molecule has 0 saturated heterocycles. The van der Waals surface area contributed by atoms with Gasteiger partial charge in [-0.05, 0) is 30.9 Å². The van der Waals surface area contributed by atoms with E-state index in [1.165, 1.54) is 11.3 Å². The molecule has 1 unspecified atom stereocenters. The van der Waals surface area contributed by atoms with Gasteiger partial charge >= 0.3 is 0 Å². The Kier molecular flexibility index (Phi) is 5.57. The number of carbonyl (C=O) groups excluding carboxylic acids is 1. The van der Waals surface area contributed by atoms with Gasteiger partial charge in [0.2, 0.25) is 0 Å². The summed E-state index contributed by atoms with van der Waals surface area (Å²) < 4.78 is 2.02. The lowest BCUT2D eigenvalue weighted by molar-refractivity contribution is 0.0749. The van der Waals surface area contributed by atoms with Crippen molar-refractivity contribution >= 4 is 60.7 Å². The van der Waals surface area contributed by atoms with Gasteiger partial charge in [0.25, 0.3) is 5.91 Å². The van der Waals surface area contributed by atoms with Gasteiger partial charge in [0.1, 0.15) is 4.88 Å². The summed E-state index contributed by atoms with van der Waals surface area (Å²) in [4.78, 5) is 15.2. The summed E-state index contributed by atoms with van der Waals surface area (Å²) >= 11 is 6.68. The second-order valence-electron chi connectivity index (χ2n) is 4.92. The molecule has 0 bridgehead atoms. The Labute approximate surface area is 142 Å². The topological polar surface area (TPSA) is 46.3 Å². The lowest BCUT2D eigenvalue weighted by atomic mass is 10.2. The number of fused-ring (bicyclic) bond motifs is 1. The Morgan fingerprint density at radius 3 is 2.86 bits per heavy atom. The van der Waals surface area contributed by atoms with Crippen molar-refractivity contribution in [3.63, 3.8) is 0 Å². The number of nitrogens with two attached hydrogens (primary N) is 1. The Hall–Kier alpha value is -0.720. The Balaban J connectivity index is 2.37. The van der Waals surface area contributed by atoms with Gasteiger partial charge in [-0.15, -0.1) is 11.3 Å². The minimum absolute atomic E-state index is 0.0192. The molecule has 0 aliphatic carbocycles. The van der Waals surface area contributed by atoms with Crippen LogP contribution >= 0.6 is 39.0 Å². The van der Waals surface area contributed by atoms with Crippen molar-refractivity contribution in [3.8, 4) is 0 Å². The molecular weight excluding hydrogens is 368 g/mol. The molecule has 2 aromatic rings. The summed E-state index contributed by atoms with van der Waals surface area (Å²) in [6.07, 6.45) is 3.01. The van der Waals surface area contributed by atoms with Crippen LogP contribution in [0.5, 0.6) is 0 Å². The van der Waals surface area contributed by atoms with Crippen LogP contribution in [-0.4, -0.2) is 35.9 Å². The molecule has 0 radical (unpaired) electrons. The highest BCUT2D eigenvalue weighted by Gasteiger charge is 2.24. The molecule has 114 valence electrons. The van der Waals surface area contributed by atoms with Gasteiger partial charge in [0, 0.05) is 33.4 Å². The van der Waals surface area contributed by atoms with Crippen molar-refractivity contribution in [3.05, 3.63) is 27.5 Å². The van der Waals surface area contributed by atoms with Crippen molar-refractivity contribution in [1.29, 1.82) is 0 Å². The molecule has 21 heavy (non-hydrogen) atoms. The van der Waals surface area contributed by atoms with Crippen molar-refractivity contribution in [1.82, 2.24) is 4.90 Å². The molecule has 0 saturated carbocycles.